The fourth-order valence-electron chi connectivity index (χ4n) is 7.36. The van der Waals surface area contributed by atoms with Gasteiger partial charge in [0.15, 0.2) is 0 Å². The van der Waals surface area contributed by atoms with Crippen LogP contribution in [0.3, 0.4) is 0 Å². The van der Waals surface area contributed by atoms with E-state index in [1.165, 1.54) is 18.2 Å². The van der Waals surface area contributed by atoms with Gasteiger partial charge in [0, 0.05) is 30.5 Å². The number of aromatic nitrogens is 3. The minimum atomic E-state index is -1.29. The van der Waals surface area contributed by atoms with Crippen LogP contribution in [0, 0.1) is 17.7 Å². The first kappa shape index (κ1) is 25.9. The second kappa shape index (κ2) is 9.13. The standard InChI is InChI=1S/C30H24Cl2FN5O4/c31-20-3-1-2-17(25(20)33)24-18-12-38-27(16-7-6-15(28(39)40)10-21(16)36-38)42-13-22(18)37(11-14-4-5-14)30(24)19-8-9-23(32)34-26(19)35-29(30)41/h1-3,6-10,14,18,22,24H,4-5,11-13H2,(H,39,40)(H,34,35,41)/t18-,22+,24+,30-/m1/s1. The summed E-state index contributed by atoms with van der Waals surface area (Å²) in [5.74, 6) is -1.64. The van der Waals surface area contributed by atoms with Crippen molar-refractivity contribution >= 4 is 51.8 Å². The molecule has 1 saturated heterocycles. The lowest BCUT2D eigenvalue weighted by molar-refractivity contribution is -0.128. The highest BCUT2D eigenvalue weighted by Gasteiger charge is 2.68. The van der Waals surface area contributed by atoms with E-state index in [0.717, 1.165) is 12.8 Å². The number of aromatic carboxylic acids is 1. The van der Waals surface area contributed by atoms with Crippen LogP contribution in [0.15, 0.2) is 48.5 Å². The van der Waals surface area contributed by atoms with Crippen LogP contribution < -0.4 is 10.1 Å². The van der Waals surface area contributed by atoms with Crippen molar-refractivity contribution in [2.75, 3.05) is 18.5 Å². The van der Waals surface area contributed by atoms with Gasteiger partial charge in [0.05, 0.1) is 27.5 Å². The molecule has 4 aliphatic rings. The molecule has 5 heterocycles. The largest absolute Gasteiger partial charge is 0.478 e. The lowest BCUT2D eigenvalue weighted by Crippen LogP contribution is -2.53. The molecule has 1 saturated carbocycles. The van der Waals surface area contributed by atoms with Crippen molar-refractivity contribution in [3.05, 3.63) is 81.2 Å². The molecular formula is C30H24Cl2FN5O4. The van der Waals surface area contributed by atoms with Gasteiger partial charge in [-0.25, -0.2) is 18.9 Å². The van der Waals surface area contributed by atoms with E-state index in [0.29, 0.717) is 52.7 Å². The zero-order chi connectivity index (χ0) is 28.9. The first-order valence-corrected chi connectivity index (χ1v) is 14.6. The zero-order valence-electron chi connectivity index (χ0n) is 22.1. The number of carbonyl (C=O) groups is 2. The quantitative estimate of drug-likeness (QED) is 0.303. The third-order valence-electron chi connectivity index (χ3n) is 9.26. The number of nitrogens with zero attached hydrogens (tertiary/aromatic N) is 4. The van der Waals surface area contributed by atoms with Crippen molar-refractivity contribution in [2.24, 2.45) is 11.8 Å². The molecule has 0 radical (unpaired) electrons. The number of anilines is 1. The molecule has 2 aromatic heterocycles. The summed E-state index contributed by atoms with van der Waals surface area (Å²) >= 11 is 12.6. The average molecular weight is 608 g/mol. The first-order chi connectivity index (χ1) is 20.3. The summed E-state index contributed by atoms with van der Waals surface area (Å²) in [6.45, 7) is 1.16. The van der Waals surface area contributed by atoms with Gasteiger partial charge in [-0.05, 0) is 60.7 Å². The van der Waals surface area contributed by atoms with Gasteiger partial charge in [-0.1, -0.05) is 35.3 Å². The Balaban J connectivity index is 1.36. The molecule has 1 amide bonds. The van der Waals surface area contributed by atoms with Gasteiger partial charge in [0.1, 0.15) is 28.9 Å². The molecule has 8 rings (SSSR count). The number of rotatable bonds is 4. The highest BCUT2D eigenvalue weighted by Crippen LogP contribution is 2.61. The molecule has 4 aromatic rings. The van der Waals surface area contributed by atoms with Gasteiger partial charge in [-0.2, -0.15) is 5.10 Å². The van der Waals surface area contributed by atoms with E-state index in [1.807, 2.05) is 6.07 Å². The summed E-state index contributed by atoms with van der Waals surface area (Å²) in [6.07, 6.45) is 2.10. The molecule has 3 aliphatic heterocycles. The number of halogens is 3. The number of ether oxygens (including phenoxy) is 1. The lowest BCUT2D eigenvalue weighted by atomic mass is 9.71. The Hall–Kier alpha value is -3.73. The van der Waals surface area contributed by atoms with Crippen molar-refractivity contribution in [3.63, 3.8) is 0 Å². The van der Waals surface area contributed by atoms with Crippen molar-refractivity contribution in [1.82, 2.24) is 19.7 Å². The molecule has 2 fully saturated rings. The number of carboxylic acids is 1. The number of pyridine rings is 1. The molecule has 2 N–H and O–H groups in total. The van der Waals surface area contributed by atoms with Gasteiger partial charge >= 0.3 is 5.97 Å². The Bertz CT molecular complexity index is 1830. The molecule has 2 aromatic carbocycles. The Labute approximate surface area is 249 Å². The fraction of sp³-hybridized carbons (Fsp3) is 0.333. The fourth-order valence-corrected chi connectivity index (χ4v) is 7.69. The van der Waals surface area contributed by atoms with Crippen LogP contribution >= 0.6 is 23.2 Å². The van der Waals surface area contributed by atoms with Gasteiger partial charge in [-0.3, -0.25) is 9.69 Å². The SMILES string of the molecule is O=C(O)c1ccc2c3n(nc2c1)C[C@@H]1[C@H](CO3)N(CC2CC2)[C@@]2(C(=O)Nc3nc(Cl)ccc32)[C@H]1c1cccc(Cl)c1F. The van der Waals surface area contributed by atoms with E-state index in [9.17, 15) is 14.7 Å². The number of nitrogens with one attached hydrogen (secondary N) is 1. The van der Waals surface area contributed by atoms with Gasteiger partial charge < -0.3 is 15.2 Å². The second-order valence-electron chi connectivity index (χ2n) is 11.5. The third kappa shape index (κ3) is 3.58. The highest BCUT2D eigenvalue weighted by atomic mass is 35.5. The monoisotopic (exact) mass is 607 g/mol. The molecule has 214 valence electrons. The summed E-state index contributed by atoms with van der Waals surface area (Å²) in [7, 11) is 0. The van der Waals surface area contributed by atoms with Gasteiger partial charge in [0.2, 0.25) is 5.88 Å². The predicted molar refractivity (Wildman–Crippen MR) is 153 cm³/mol. The molecule has 9 nitrogen and oxygen atoms in total. The first-order valence-electron chi connectivity index (χ1n) is 13.8. The summed E-state index contributed by atoms with van der Waals surface area (Å²) in [5, 5.41) is 18.1. The van der Waals surface area contributed by atoms with Crippen LogP contribution in [0.5, 0.6) is 5.88 Å². The number of hydrogen-bond donors (Lipinski definition) is 2. The summed E-state index contributed by atoms with van der Waals surface area (Å²) in [4.78, 5) is 32.6. The van der Waals surface area contributed by atoms with Gasteiger partial charge in [-0.15, -0.1) is 0 Å². The number of carbonyl (C=O) groups excluding carboxylic acids is 1. The molecule has 4 atom stereocenters. The maximum atomic E-state index is 16.1. The van der Waals surface area contributed by atoms with E-state index in [1.54, 1.807) is 28.9 Å². The highest BCUT2D eigenvalue weighted by molar-refractivity contribution is 6.31. The molecule has 0 unspecified atom stereocenters. The maximum absolute atomic E-state index is 16.1. The van der Waals surface area contributed by atoms with E-state index in [2.05, 4.69) is 15.2 Å². The van der Waals surface area contributed by atoms with Crippen molar-refractivity contribution in [3.8, 4) is 5.88 Å². The topological polar surface area (TPSA) is 110 Å². The number of benzene rings is 2. The van der Waals surface area contributed by atoms with Crippen molar-refractivity contribution in [1.29, 1.82) is 0 Å². The average Bonchev–Trinajstić information content (AvgIpc) is 3.63. The Kier molecular flexibility index (Phi) is 5.64. The predicted octanol–water partition coefficient (Wildman–Crippen LogP) is 5.31. The smallest absolute Gasteiger partial charge is 0.335 e. The molecule has 1 aliphatic carbocycles. The van der Waals surface area contributed by atoms with Crippen molar-refractivity contribution < 1.29 is 23.8 Å². The number of likely N-dealkylation sites (tertiary alicyclic amines) is 1. The Morgan fingerprint density at radius 3 is 2.81 bits per heavy atom. The third-order valence-corrected chi connectivity index (χ3v) is 9.76. The molecule has 12 heteroatoms. The number of fused-ring (bicyclic) bond motifs is 6. The molecule has 42 heavy (non-hydrogen) atoms. The molecule has 0 bridgehead atoms. The van der Waals surface area contributed by atoms with Crippen LogP contribution in [0.4, 0.5) is 10.2 Å². The van der Waals surface area contributed by atoms with E-state index < -0.39 is 23.2 Å². The van der Waals surface area contributed by atoms with Crippen molar-refractivity contribution in [2.45, 2.75) is 36.9 Å². The van der Waals surface area contributed by atoms with Crippen LogP contribution in [-0.4, -0.2) is 55.8 Å². The normalized spacial score (nSPS) is 26.5. The van der Waals surface area contributed by atoms with E-state index >= 15 is 4.39 Å². The maximum Gasteiger partial charge on any atom is 0.335 e. The van der Waals surface area contributed by atoms with Crippen LogP contribution in [0.1, 0.15) is 40.2 Å². The van der Waals surface area contributed by atoms with Crippen LogP contribution in [-0.2, 0) is 16.9 Å². The number of amides is 1. The minimum Gasteiger partial charge on any atom is -0.478 e. The van der Waals surface area contributed by atoms with E-state index in [4.69, 9.17) is 33.0 Å². The van der Waals surface area contributed by atoms with E-state index in [-0.39, 0.29) is 40.2 Å². The van der Waals surface area contributed by atoms with Gasteiger partial charge in [0.25, 0.3) is 5.91 Å². The number of carboxylic acid groups (broad SMARTS) is 1. The Morgan fingerprint density at radius 1 is 1.19 bits per heavy atom. The minimum absolute atomic E-state index is 0.0238. The summed E-state index contributed by atoms with van der Waals surface area (Å²) in [6, 6.07) is 12.8. The van der Waals surface area contributed by atoms with Crippen LogP contribution in [0.25, 0.3) is 10.9 Å². The Morgan fingerprint density at radius 2 is 2.02 bits per heavy atom. The van der Waals surface area contributed by atoms with Crippen LogP contribution in [0.2, 0.25) is 10.2 Å². The molecular weight excluding hydrogens is 584 g/mol. The zero-order valence-corrected chi connectivity index (χ0v) is 23.6. The summed E-state index contributed by atoms with van der Waals surface area (Å²) < 4.78 is 24.2. The number of hydrogen-bond acceptors (Lipinski definition) is 6. The lowest BCUT2D eigenvalue weighted by Gasteiger charge is -2.39. The summed E-state index contributed by atoms with van der Waals surface area (Å²) in [5.41, 5.74) is 0.293. The second-order valence-corrected chi connectivity index (χ2v) is 12.3. The molecule has 1 spiro atoms.